The van der Waals surface area contributed by atoms with E-state index in [-0.39, 0.29) is 35.8 Å². The predicted octanol–water partition coefficient (Wildman–Crippen LogP) is 5.29. The highest BCUT2D eigenvalue weighted by atomic mass is 16.5. The monoisotopic (exact) mass is 542 g/mol. The van der Waals surface area contributed by atoms with E-state index < -0.39 is 11.1 Å². The Morgan fingerprint density at radius 3 is 2.70 bits per heavy atom. The van der Waals surface area contributed by atoms with Crippen molar-refractivity contribution < 1.29 is 19.1 Å². The molecule has 6 bridgehead atoms. The van der Waals surface area contributed by atoms with Gasteiger partial charge in [-0.1, -0.05) is 32.1 Å². The standard InChI is InChI=1S/C32H38N4O4/c1-5-32-18-28(37)36(30(33)35-32)25-13-14-39-26-12-10-21(16-23(25)26)29(38)34-24-17-31(3,4)40-27-11-9-20(15-22(24)27)8-6-7-19(32)2/h6,8-12,15-16,19,24-25H,5,7,13-14,17-18H2,1-4H3,(H2,33,35)(H,34,38)/b8-6-/t19?,24-,25+,32-/m0/s1. The first-order chi connectivity index (χ1) is 19.1. The van der Waals surface area contributed by atoms with E-state index in [1.807, 2.05) is 38.1 Å². The first-order valence-electron chi connectivity index (χ1n) is 14.3. The van der Waals surface area contributed by atoms with Crippen molar-refractivity contribution in [1.29, 1.82) is 0 Å². The number of aliphatic imine (C=N–C) groups is 1. The number of ether oxygens (including phenoxy) is 2. The molecule has 5 heterocycles. The number of benzene rings is 2. The van der Waals surface area contributed by atoms with E-state index in [1.54, 1.807) is 11.0 Å². The van der Waals surface area contributed by atoms with E-state index in [1.165, 1.54) is 0 Å². The first kappa shape index (κ1) is 26.4. The molecule has 0 saturated heterocycles. The lowest BCUT2D eigenvalue weighted by atomic mass is 9.77. The molecular weight excluding hydrogens is 504 g/mol. The van der Waals surface area contributed by atoms with Crippen molar-refractivity contribution in [3.63, 3.8) is 0 Å². The molecule has 2 aromatic carbocycles. The van der Waals surface area contributed by atoms with Crippen molar-refractivity contribution >= 4 is 23.8 Å². The number of hydrogen-bond donors (Lipinski definition) is 2. The molecule has 40 heavy (non-hydrogen) atoms. The molecule has 0 spiro atoms. The summed E-state index contributed by atoms with van der Waals surface area (Å²) < 4.78 is 12.2. The zero-order valence-electron chi connectivity index (χ0n) is 23.7. The zero-order valence-corrected chi connectivity index (χ0v) is 23.7. The van der Waals surface area contributed by atoms with Gasteiger partial charge in [0.05, 0.1) is 30.7 Å². The summed E-state index contributed by atoms with van der Waals surface area (Å²) in [6.45, 7) is 8.76. The van der Waals surface area contributed by atoms with Crippen LogP contribution in [0, 0.1) is 5.92 Å². The van der Waals surface area contributed by atoms with E-state index >= 15 is 0 Å². The summed E-state index contributed by atoms with van der Waals surface area (Å²) in [7, 11) is 0. The van der Waals surface area contributed by atoms with Gasteiger partial charge in [0.1, 0.15) is 17.1 Å². The second-order valence-electron chi connectivity index (χ2n) is 12.2. The lowest BCUT2D eigenvalue weighted by Gasteiger charge is -2.44. The Labute approximate surface area is 235 Å². The van der Waals surface area contributed by atoms with Crippen LogP contribution in [0.5, 0.6) is 11.5 Å². The fraction of sp³-hybridized carbons (Fsp3) is 0.469. The first-order valence-corrected chi connectivity index (χ1v) is 14.3. The molecule has 8 nitrogen and oxygen atoms in total. The second-order valence-corrected chi connectivity index (χ2v) is 12.2. The van der Waals surface area contributed by atoms with Crippen molar-refractivity contribution in [2.75, 3.05) is 6.61 Å². The van der Waals surface area contributed by atoms with Crippen LogP contribution in [0.25, 0.3) is 6.08 Å². The number of guanidine groups is 1. The van der Waals surface area contributed by atoms with Crippen LogP contribution >= 0.6 is 0 Å². The van der Waals surface area contributed by atoms with Crippen LogP contribution in [0.2, 0.25) is 0 Å². The third kappa shape index (κ3) is 4.53. The maximum absolute atomic E-state index is 13.8. The largest absolute Gasteiger partial charge is 0.493 e. The average molecular weight is 543 g/mol. The van der Waals surface area contributed by atoms with E-state index in [4.69, 9.17) is 20.2 Å². The topological polar surface area (TPSA) is 106 Å². The molecule has 2 aromatic rings. The van der Waals surface area contributed by atoms with Crippen LogP contribution < -0.4 is 20.5 Å². The summed E-state index contributed by atoms with van der Waals surface area (Å²) in [5, 5.41) is 3.26. The molecule has 5 aliphatic rings. The molecular formula is C32H38N4O4. The summed E-state index contributed by atoms with van der Waals surface area (Å²) in [5.74, 6) is 1.58. The number of nitrogens with one attached hydrogen (secondary N) is 1. The number of amides is 2. The van der Waals surface area contributed by atoms with Crippen LogP contribution in [0.3, 0.4) is 0 Å². The highest BCUT2D eigenvalue weighted by molar-refractivity contribution is 6.00. The number of allylic oxidation sites excluding steroid dienone is 1. The second kappa shape index (κ2) is 9.68. The van der Waals surface area contributed by atoms with Crippen molar-refractivity contribution in [3.05, 3.63) is 64.7 Å². The molecule has 0 aliphatic carbocycles. The summed E-state index contributed by atoms with van der Waals surface area (Å²) >= 11 is 0. The van der Waals surface area contributed by atoms with Gasteiger partial charge in [0.2, 0.25) is 5.91 Å². The van der Waals surface area contributed by atoms with Crippen LogP contribution in [0.4, 0.5) is 0 Å². The molecule has 2 amide bonds. The van der Waals surface area contributed by atoms with Gasteiger partial charge in [0, 0.05) is 29.5 Å². The van der Waals surface area contributed by atoms with Gasteiger partial charge in [-0.15, -0.1) is 0 Å². The lowest BCUT2D eigenvalue weighted by molar-refractivity contribution is -0.132. The van der Waals surface area contributed by atoms with Gasteiger partial charge in [-0.3, -0.25) is 14.5 Å². The predicted molar refractivity (Wildman–Crippen MR) is 154 cm³/mol. The molecule has 0 fully saturated rings. The number of rotatable bonds is 1. The molecule has 5 aliphatic heterocycles. The van der Waals surface area contributed by atoms with Crippen molar-refractivity contribution in [1.82, 2.24) is 10.2 Å². The third-order valence-electron chi connectivity index (χ3n) is 9.03. The van der Waals surface area contributed by atoms with E-state index in [9.17, 15) is 9.59 Å². The van der Waals surface area contributed by atoms with Gasteiger partial charge in [-0.25, -0.2) is 4.99 Å². The minimum absolute atomic E-state index is 0.0383. The molecule has 7 rings (SSSR count). The number of nitrogens with two attached hydrogens (primary N) is 1. The van der Waals surface area contributed by atoms with E-state index in [0.717, 1.165) is 28.9 Å². The Bertz CT molecular complexity index is 1430. The third-order valence-corrected chi connectivity index (χ3v) is 9.03. The molecule has 210 valence electrons. The maximum Gasteiger partial charge on any atom is 0.251 e. The zero-order chi connectivity index (χ0) is 28.2. The van der Waals surface area contributed by atoms with Crippen LogP contribution in [0.15, 0.2) is 47.5 Å². The summed E-state index contributed by atoms with van der Waals surface area (Å²) in [6, 6.07) is 11.0. The lowest BCUT2D eigenvalue weighted by Crippen LogP contribution is -2.55. The van der Waals surface area contributed by atoms with Gasteiger partial charge in [-0.2, -0.15) is 0 Å². The number of carbonyl (C=O) groups excluding carboxylic acids is 2. The summed E-state index contributed by atoms with van der Waals surface area (Å²) in [4.78, 5) is 34.1. The van der Waals surface area contributed by atoms with Crippen LogP contribution in [0.1, 0.15) is 98.9 Å². The van der Waals surface area contributed by atoms with E-state index in [2.05, 4.69) is 37.4 Å². The normalized spacial score (nSPS) is 29.8. The summed E-state index contributed by atoms with van der Waals surface area (Å²) in [6.07, 6.45) is 7.21. The fourth-order valence-electron chi connectivity index (χ4n) is 6.73. The van der Waals surface area contributed by atoms with Gasteiger partial charge < -0.3 is 20.5 Å². The molecule has 3 N–H and O–H groups in total. The number of hydrogen-bond acceptors (Lipinski definition) is 6. The molecule has 0 radical (unpaired) electrons. The SMILES string of the molecule is CC[C@@]12CC(=O)N(C(N)=N1)[C@@H]1CCOc3ccc(cc31)C(=O)N[C@H]1CC(C)(C)Oc3ccc(cc31)/C=C\CC2C. The van der Waals surface area contributed by atoms with Crippen LogP contribution in [-0.4, -0.2) is 40.4 Å². The van der Waals surface area contributed by atoms with Gasteiger partial charge >= 0.3 is 0 Å². The van der Waals surface area contributed by atoms with Gasteiger partial charge in [0.15, 0.2) is 5.96 Å². The molecule has 1 unspecified atom stereocenters. The number of nitrogens with zero attached hydrogens (tertiary/aromatic N) is 2. The molecule has 0 aromatic heterocycles. The fourth-order valence-corrected chi connectivity index (χ4v) is 6.73. The molecule has 4 atom stereocenters. The highest BCUT2D eigenvalue weighted by Gasteiger charge is 2.45. The van der Waals surface area contributed by atoms with E-state index in [0.29, 0.717) is 43.6 Å². The highest BCUT2D eigenvalue weighted by Crippen LogP contribution is 2.43. The molecule has 8 heteroatoms. The minimum atomic E-state index is -0.566. The quantitative estimate of drug-likeness (QED) is 0.509. The van der Waals surface area contributed by atoms with Gasteiger partial charge in [-0.05, 0) is 68.5 Å². The Kier molecular flexibility index (Phi) is 6.39. The van der Waals surface area contributed by atoms with Crippen molar-refractivity contribution in [2.45, 2.75) is 83.0 Å². The molecule has 0 saturated carbocycles. The summed E-state index contributed by atoms with van der Waals surface area (Å²) in [5.41, 5.74) is 8.88. The Morgan fingerprint density at radius 2 is 1.93 bits per heavy atom. The van der Waals surface area contributed by atoms with Crippen molar-refractivity contribution in [3.8, 4) is 11.5 Å². The van der Waals surface area contributed by atoms with Crippen LogP contribution in [-0.2, 0) is 4.79 Å². The Hall–Kier alpha value is -3.81. The van der Waals surface area contributed by atoms with Crippen molar-refractivity contribution in [2.24, 2.45) is 16.6 Å². The number of fused-ring (bicyclic) bond motifs is 4. The Morgan fingerprint density at radius 1 is 1.12 bits per heavy atom. The average Bonchev–Trinajstić information content (AvgIpc) is 2.91. The minimum Gasteiger partial charge on any atom is -0.493 e. The smallest absolute Gasteiger partial charge is 0.251 e. The number of carbonyl (C=O) groups is 2. The maximum atomic E-state index is 13.8. The Balaban J connectivity index is 1.48. The van der Waals surface area contributed by atoms with Gasteiger partial charge in [0.25, 0.3) is 5.91 Å².